The molecular weight excluding hydrogens is 306 g/mol. The summed E-state index contributed by atoms with van der Waals surface area (Å²) in [5.41, 5.74) is 1.70. The van der Waals surface area contributed by atoms with Crippen molar-refractivity contribution in [3.05, 3.63) is 66.1 Å². The minimum absolute atomic E-state index is 0.140. The van der Waals surface area contributed by atoms with E-state index in [4.69, 9.17) is 9.26 Å². The molecule has 3 aromatic rings. The summed E-state index contributed by atoms with van der Waals surface area (Å²) in [6.07, 6.45) is 0.226. The maximum Gasteiger partial charge on any atom is 0.246 e. The second-order valence-corrected chi connectivity index (χ2v) is 5.14. The SMILES string of the molecule is COc1ccccc1CC(=O)NCc1nc(-c2ccccc2)no1. The van der Waals surface area contributed by atoms with Crippen LogP contribution in [0.1, 0.15) is 11.5 Å². The Balaban J connectivity index is 1.58. The number of methoxy groups -OCH3 is 1. The molecule has 0 spiro atoms. The Morgan fingerprint density at radius 1 is 1.12 bits per heavy atom. The van der Waals surface area contributed by atoms with Crippen LogP contribution in [0.25, 0.3) is 11.4 Å². The Kier molecular flexibility index (Phi) is 4.86. The van der Waals surface area contributed by atoms with E-state index < -0.39 is 0 Å². The fraction of sp³-hybridized carbons (Fsp3) is 0.167. The van der Waals surface area contributed by atoms with Gasteiger partial charge in [-0.1, -0.05) is 53.7 Å². The molecule has 0 radical (unpaired) electrons. The maximum absolute atomic E-state index is 12.1. The first-order valence-electron chi connectivity index (χ1n) is 7.53. The summed E-state index contributed by atoms with van der Waals surface area (Å²) in [6, 6.07) is 16.9. The van der Waals surface area contributed by atoms with Crippen LogP contribution in [0.4, 0.5) is 0 Å². The van der Waals surface area contributed by atoms with Crippen LogP contribution in [0.15, 0.2) is 59.1 Å². The van der Waals surface area contributed by atoms with Gasteiger partial charge in [0.15, 0.2) is 0 Å². The molecule has 3 rings (SSSR count). The second-order valence-electron chi connectivity index (χ2n) is 5.14. The Hall–Kier alpha value is -3.15. The van der Waals surface area contributed by atoms with E-state index in [9.17, 15) is 4.79 Å². The van der Waals surface area contributed by atoms with Gasteiger partial charge < -0.3 is 14.6 Å². The van der Waals surface area contributed by atoms with E-state index in [2.05, 4.69) is 15.5 Å². The number of carbonyl (C=O) groups excluding carboxylic acids is 1. The molecule has 1 heterocycles. The summed E-state index contributed by atoms with van der Waals surface area (Å²) >= 11 is 0. The molecule has 0 fully saturated rings. The van der Waals surface area contributed by atoms with E-state index in [1.54, 1.807) is 7.11 Å². The number of nitrogens with one attached hydrogen (secondary N) is 1. The fourth-order valence-corrected chi connectivity index (χ4v) is 2.29. The smallest absolute Gasteiger partial charge is 0.246 e. The maximum atomic E-state index is 12.1. The molecule has 24 heavy (non-hydrogen) atoms. The van der Waals surface area contributed by atoms with Crippen LogP contribution < -0.4 is 10.1 Å². The molecule has 1 N–H and O–H groups in total. The van der Waals surface area contributed by atoms with Gasteiger partial charge in [0, 0.05) is 11.1 Å². The van der Waals surface area contributed by atoms with E-state index in [1.165, 1.54) is 0 Å². The second kappa shape index (κ2) is 7.41. The lowest BCUT2D eigenvalue weighted by Crippen LogP contribution is -2.24. The van der Waals surface area contributed by atoms with Crippen molar-refractivity contribution in [1.29, 1.82) is 0 Å². The van der Waals surface area contributed by atoms with Gasteiger partial charge in [-0.05, 0) is 6.07 Å². The molecule has 0 bridgehead atoms. The van der Waals surface area contributed by atoms with Crippen LogP contribution in [0, 0.1) is 0 Å². The zero-order chi connectivity index (χ0) is 16.8. The number of hydrogen-bond acceptors (Lipinski definition) is 5. The number of carbonyl (C=O) groups is 1. The fourth-order valence-electron chi connectivity index (χ4n) is 2.29. The average Bonchev–Trinajstić information content (AvgIpc) is 3.10. The lowest BCUT2D eigenvalue weighted by Gasteiger charge is -2.07. The number of rotatable bonds is 6. The van der Waals surface area contributed by atoms with E-state index in [1.807, 2.05) is 54.6 Å². The molecule has 0 aliphatic carbocycles. The molecule has 0 saturated carbocycles. The number of hydrogen-bond donors (Lipinski definition) is 1. The van der Waals surface area contributed by atoms with E-state index >= 15 is 0 Å². The van der Waals surface area contributed by atoms with Crippen molar-refractivity contribution >= 4 is 5.91 Å². The molecule has 0 atom stereocenters. The number of aromatic nitrogens is 2. The van der Waals surface area contributed by atoms with Gasteiger partial charge in [-0.25, -0.2) is 0 Å². The molecule has 1 aromatic heterocycles. The molecule has 6 heteroatoms. The van der Waals surface area contributed by atoms with Crippen molar-refractivity contribution in [2.24, 2.45) is 0 Å². The summed E-state index contributed by atoms with van der Waals surface area (Å²) in [4.78, 5) is 16.4. The first kappa shape index (κ1) is 15.7. The van der Waals surface area contributed by atoms with Crippen LogP contribution in [-0.4, -0.2) is 23.2 Å². The van der Waals surface area contributed by atoms with Crippen LogP contribution in [0.3, 0.4) is 0 Å². The minimum Gasteiger partial charge on any atom is -0.496 e. The predicted molar refractivity (Wildman–Crippen MR) is 88.3 cm³/mol. The van der Waals surface area contributed by atoms with Crippen molar-refractivity contribution in [2.75, 3.05) is 7.11 Å². The largest absolute Gasteiger partial charge is 0.496 e. The zero-order valence-electron chi connectivity index (χ0n) is 13.2. The Morgan fingerprint density at radius 2 is 1.88 bits per heavy atom. The van der Waals surface area contributed by atoms with Crippen molar-refractivity contribution in [1.82, 2.24) is 15.5 Å². The van der Waals surface area contributed by atoms with Crippen LogP contribution >= 0.6 is 0 Å². The van der Waals surface area contributed by atoms with Gasteiger partial charge in [-0.3, -0.25) is 4.79 Å². The third-order valence-corrected chi connectivity index (χ3v) is 3.48. The van der Waals surface area contributed by atoms with Crippen molar-refractivity contribution in [2.45, 2.75) is 13.0 Å². The Morgan fingerprint density at radius 3 is 2.67 bits per heavy atom. The highest BCUT2D eigenvalue weighted by Crippen LogP contribution is 2.18. The first-order valence-corrected chi connectivity index (χ1v) is 7.53. The topological polar surface area (TPSA) is 77.2 Å². The predicted octanol–water partition coefficient (Wildman–Crippen LogP) is 2.60. The number of para-hydroxylation sites is 1. The first-order chi connectivity index (χ1) is 11.8. The molecule has 0 aliphatic heterocycles. The number of ether oxygens (including phenoxy) is 1. The highest BCUT2D eigenvalue weighted by Gasteiger charge is 2.11. The van der Waals surface area contributed by atoms with Crippen molar-refractivity contribution < 1.29 is 14.1 Å². The molecule has 0 saturated heterocycles. The monoisotopic (exact) mass is 323 g/mol. The van der Waals surface area contributed by atoms with Gasteiger partial charge in [0.2, 0.25) is 17.6 Å². The van der Waals surface area contributed by atoms with Gasteiger partial charge in [-0.2, -0.15) is 4.98 Å². The normalized spacial score (nSPS) is 10.4. The third-order valence-electron chi connectivity index (χ3n) is 3.48. The van der Waals surface area contributed by atoms with Gasteiger partial charge in [0.1, 0.15) is 5.75 Å². The van der Waals surface area contributed by atoms with Crippen molar-refractivity contribution in [3.8, 4) is 17.1 Å². The molecular formula is C18H17N3O3. The summed E-state index contributed by atoms with van der Waals surface area (Å²) in [7, 11) is 1.58. The molecule has 0 unspecified atom stereocenters. The lowest BCUT2D eigenvalue weighted by molar-refractivity contribution is -0.120. The number of nitrogens with zero attached hydrogens (tertiary/aromatic N) is 2. The lowest BCUT2D eigenvalue weighted by atomic mass is 10.1. The summed E-state index contributed by atoms with van der Waals surface area (Å²) in [5, 5.41) is 6.69. The Bertz CT molecular complexity index is 815. The summed E-state index contributed by atoms with van der Waals surface area (Å²) < 4.78 is 10.4. The Labute approximate surface area is 139 Å². The van der Waals surface area contributed by atoms with Crippen LogP contribution in [0.2, 0.25) is 0 Å². The molecule has 6 nitrogen and oxygen atoms in total. The van der Waals surface area contributed by atoms with E-state index in [0.717, 1.165) is 11.1 Å². The molecule has 1 amide bonds. The zero-order valence-corrected chi connectivity index (χ0v) is 13.2. The molecule has 2 aromatic carbocycles. The highest BCUT2D eigenvalue weighted by molar-refractivity contribution is 5.79. The average molecular weight is 323 g/mol. The van der Waals surface area contributed by atoms with Gasteiger partial charge in [0.05, 0.1) is 20.1 Å². The molecule has 122 valence electrons. The van der Waals surface area contributed by atoms with E-state index in [0.29, 0.717) is 17.5 Å². The quantitative estimate of drug-likeness (QED) is 0.754. The van der Waals surface area contributed by atoms with Crippen LogP contribution in [-0.2, 0) is 17.8 Å². The standard InChI is InChI=1S/C18H17N3O3/c1-23-15-10-6-5-9-14(15)11-16(22)19-12-17-20-18(21-24-17)13-7-3-2-4-8-13/h2-10H,11-12H2,1H3,(H,19,22). The van der Waals surface area contributed by atoms with Crippen LogP contribution in [0.5, 0.6) is 5.75 Å². The van der Waals surface area contributed by atoms with Crippen molar-refractivity contribution in [3.63, 3.8) is 0 Å². The van der Waals surface area contributed by atoms with Gasteiger partial charge in [-0.15, -0.1) is 0 Å². The van der Waals surface area contributed by atoms with Gasteiger partial charge >= 0.3 is 0 Å². The van der Waals surface area contributed by atoms with E-state index in [-0.39, 0.29) is 18.9 Å². The summed E-state index contributed by atoms with van der Waals surface area (Å²) in [5.74, 6) is 1.42. The summed E-state index contributed by atoms with van der Waals surface area (Å²) in [6.45, 7) is 0.188. The molecule has 0 aliphatic rings. The highest BCUT2D eigenvalue weighted by atomic mass is 16.5. The number of amides is 1. The third kappa shape index (κ3) is 3.78. The number of benzene rings is 2. The van der Waals surface area contributed by atoms with Gasteiger partial charge in [0.25, 0.3) is 0 Å². The minimum atomic E-state index is -0.140.